The fourth-order valence-electron chi connectivity index (χ4n) is 2.44. The van der Waals surface area contributed by atoms with Crippen molar-refractivity contribution < 1.29 is 13.2 Å². The van der Waals surface area contributed by atoms with E-state index in [2.05, 4.69) is 5.32 Å². The van der Waals surface area contributed by atoms with Gasteiger partial charge in [0.2, 0.25) is 0 Å². The summed E-state index contributed by atoms with van der Waals surface area (Å²) < 4.78 is 40.3. The zero-order chi connectivity index (χ0) is 14.3. The predicted molar refractivity (Wildman–Crippen MR) is 74.2 cm³/mol. The van der Waals surface area contributed by atoms with Crippen molar-refractivity contribution in [3.63, 3.8) is 0 Å². The Hall–Kier alpha value is -1.33. The fraction of sp³-hybridized carbons (Fsp3) is 0.333. The topological polar surface area (TPSA) is 12.0 Å². The van der Waals surface area contributed by atoms with Gasteiger partial charge >= 0.3 is 0 Å². The Morgan fingerprint density at radius 2 is 1.95 bits per heavy atom. The number of rotatable bonds is 4. The third kappa shape index (κ3) is 2.47. The lowest BCUT2D eigenvalue weighted by Gasteiger charge is -2.12. The monoisotopic (exact) mass is 297 g/mol. The van der Waals surface area contributed by atoms with Crippen LogP contribution in [0.3, 0.4) is 0 Å². The Balaban J connectivity index is 1.97. The summed E-state index contributed by atoms with van der Waals surface area (Å²) in [6.45, 7) is 0. The van der Waals surface area contributed by atoms with E-state index in [1.807, 2.05) is 13.1 Å². The summed E-state index contributed by atoms with van der Waals surface area (Å²) in [5.41, 5.74) is -0.00981. The van der Waals surface area contributed by atoms with Gasteiger partial charge in [0, 0.05) is 27.4 Å². The van der Waals surface area contributed by atoms with E-state index in [4.69, 9.17) is 0 Å². The van der Waals surface area contributed by atoms with E-state index in [1.165, 1.54) is 24.2 Å². The lowest BCUT2D eigenvalue weighted by atomic mass is 10.1. The van der Waals surface area contributed by atoms with Crippen LogP contribution in [0.15, 0.2) is 24.3 Å². The SMILES string of the molecule is CNC(c1ccc(-c2cc(F)cc(F)c2F)s1)C1CC1. The lowest BCUT2D eigenvalue weighted by molar-refractivity contribution is 0.498. The Morgan fingerprint density at radius 1 is 1.20 bits per heavy atom. The van der Waals surface area contributed by atoms with Gasteiger partial charge in [-0.3, -0.25) is 0 Å². The highest BCUT2D eigenvalue weighted by molar-refractivity contribution is 7.15. The van der Waals surface area contributed by atoms with Crippen molar-refractivity contribution in [2.75, 3.05) is 7.05 Å². The number of nitrogens with one attached hydrogen (secondary N) is 1. The van der Waals surface area contributed by atoms with Crippen LogP contribution in [0, 0.1) is 23.4 Å². The third-order valence-corrected chi connectivity index (χ3v) is 4.80. The number of thiophene rings is 1. The molecule has 1 unspecified atom stereocenters. The molecule has 1 aliphatic carbocycles. The van der Waals surface area contributed by atoms with Gasteiger partial charge in [0.25, 0.3) is 0 Å². The van der Waals surface area contributed by atoms with Crippen LogP contribution in [-0.4, -0.2) is 7.05 Å². The largest absolute Gasteiger partial charge is 0.312 e. The molecule has 1 fully saturated rings. The van der Waals surface area contributed by atoms with E-state index >= 15 is 0 Å². The normalized spacial score (nSPS) is 16.4. The Labute approximate surface area is 119 Å². The molecule has 1 saturated carbocycles. The molecule has 0 amide bonds. The van der Waals surface area contributed by atoms with Gasteiger partial charge < -0.3 is 5.32 Å². The van der Waals surface area contributed by atoms with Crippen LogP contribution in [0.5, 0.6) is 0 Å². The number of hydrogen-bond donors (Lipinski definition) is 1. The van der Waals surface area contributed by atoms with Gasteiger partial charge in [-0.2, -0.15) is 0 Å². The van der Waals surface area contributed by atoms with E-state index in [9.17, 15) is 13.2 Å². The quantitative estimate of drug-likeness (QED) is 0.819. The van der Waals surface area contributed by atoms with Gasteiger partial charge in [-0.15, -0.1) is 11.3 Å². The van der Waals surface area contributed by atoms with Crippen LogP contribution < -0.4 is 5.32 Å². The fourth-order valence-corrected chi connectivity index (χ4v) is 3.66. The van der Waals surface area contributed by atoms with Gasteiger partial charge in [-0.25, -0.2) is 13.2 Å². The van der Waals surface area contributed by atoms with E-state index in [0.717, 1.165) is 10.9 Å². The number of hydrogen-bond acceptors (Lipinski definition) is 2. The van der Waals surface area contributed by atoms with Crippen molar-refractivity contribution in [3.8, 4) is 10.4 Å². The van der Waals surface area contributed by atoms with Crippen LogP contribution >= 0.6 is 11.3 Å². The van der Waals surface area contributed by atoms with Gasteiger partial charge in [0.05, 0.1) is 0 Å². The summed E-state index contributed by atoms with van der Waals surface area (Å²) in [5, 5.41) is 3.25. The molecule has 106 valence electrons. The molecule has 1 heterocycles. The zero-order valence-corrected chi connectivity index (χ0v) is 11.7. The van der Waals surface area contributed by atoms with Crippen molar-refractivity contribution in [1.29, 1.82) is 0 Å². The minimum Gasteiger partial charge on any atom is -0.312 e. The average molecular weight is 297 g/mol. The second-order valence-electron chi connectivity index (χ2n) is 5.05. The molecule has 0 aliphatic heterocycles. The lowest BCUT2D eigenvalue weighted by Crippen LogP contribution is -2.16. The first-order chi connectivity index (χ1) is 9.60. The highest BCUT2D eigenvalue weighted by Crippen LogP contribution is 2.44. The molecule has 1 aromatic heterocycles. The zero-order valence-electron chi connectivity index (χ0n) is 10.9. The van der Waals surface area contributed by atoms with Crippen LogP contribution in [0.2, 0.25) is 0 Å². The van der Waals surface area contributed by atoms with E-state index < -0.39 is 17.5 Å². The van der Waals surface area contributed by atoms with Gasteiger partial charge in [-0.1, -0.05) is 0 Å². The van der Waals surface area contributed by atoms with Gasteiger partial charge in [0.1, 0.15) is 5.82 Å². The molecule has 1 atom stereocenters. The predicted octanol–water partition coefficient (Wildman–Crippen LogP) is 4.50. The molecule has 20 heavy (non-hydrogen) atoms. The van der Waals surface area contributed by atoms with Crippen molar-refractivity contribution in [2.45, 2.75) is 18.9 Å². The standard InChI is InChI=1S/C15H14F3NS/c1-19-15(8-2-3-8)13-5-4-12(20-13)10-6-9(16)7-11(17)14(10)18/h4-8,15,19H,2-3H2,1H3. The first-order valence-electron chi connectivity index (χ1n) is 6.52. The highest BCUT2D eigenvalue weighted by Gasteiger charge is 2.32. The Kier molecular flexibility index (Phi) is 3.56. The smallest absolute Gasteiger partial charge is 0.167 e. The number of halogens is 3. The molecule has 0 saturated heterocycles. The molecule has 0 radical (unpaired) electrons. The summed E-state index contributed by atoms with van der Waals surface area (Å²) in [5.74, 6) is -2.30. The molecular formula is C15H14F3NS. The molecule has 2 aromatic rings. The maximum absolute atomic E-state index is 13.8. The van der Waals surface area contributed by atoms with Crippen LogP contribution in [0.4, 0.5) is 13.2 Å². The molecule has 0 bridgehead atoms. The number of benzene rings is 1. The molecule has 1 aromatic carbocycles. The second kappa shape index (κ2) is 5.22. The first-order valence-corrected chi connectivity index (χ1v) is 7.33. The average Bonchev–Trinajstić information content (AvgIpc) is 3.12. The molecular weight excluding hydrogens is 283 g/mol. The molecule has 1 nitrogen and oxygen atoms in total. The maximum atomic E-state index is 13.8. The summed E-state index contributed by atoms with van der Waals surface area (Å²) in [6.07, 6.45) is 2.36. The molecule has 0 spiro atoms. The van der Waals surface area contributed by atoms with Crippen molar-refractivity contribution in [1.82, 2.24) is 5.32 Å². The molecule has 1 aliphatic rings. The van der Waals surface area contributed by atoms with Gasteiger partial charge in [-0.05, 0) is 44.0 Å². The molecule has 1 N–H and O–H groups in total. The van der Waals surface area contributed by atoms with Gasteiger partial charge in [0.15, 0.2) is 11.6 Å². The van der Waals surface area contributed by atoms with Crippen LogP contribution in [0.25, 0.3) is 10.4 Å². The Bertz CT molecular complexity index is 634. The summed E-state index contributed by atoms with van der Waals surface area (Å²) >= 11 is 1.38. The van der Waals surface area contributed by atoms with E-state index in [0.29, 0.717) is 16.9 Å². The third-order valence-electron chi connectivity index (χ3n) is 3.60. The van der Waals surface area contributed by atoms with E-state index in [-0.39, 0.29) is 11.6 Å². The van der Waals surface area contributed by atoms with Crippen molar-refractivity contribution in [2.24, 2.45) is 5.92 Å². The van der Waals surface area contributed by atoms with Crippen molar-refractivity contribution >= 4 is 11.3 Å². The minimum absolute atomic E-state index is 0.00981. The summed E-state index contributed by atoms with van der Waals surface area (Å²) in [7, 11) is 1.89. The molecule has 3 rings (SSSR count). The summed E-state index contributed by atoms with van der Waals surface area (Å²) in [6, 6.07) is 5.48. The first kappa shape index (κ1) is 13.6. The Morgan fingerprint density at radius 3 is 2.60 bits per heavy atom. The van der Waals surface area contributed by atoms with E-state index in [1.54, 1.807) is 6.07 Å². The highest BCUT2D eigenvalue weighted by atomic mass is 32.1. The molecule has 5 heteroatoms. The second-order valence-corrected chi connectivity index (χ2v) is 6.17. The maximum Gasteiger partial charge on any atom is 0.167 e. The van der Waals surface area contributed by atoms with Crippen molar-refractivity contribution in [3.05, 3.63) is 46.6 Å². The van der Waals surface area contributed by atoms with Crippen LogP contribution in [0.1, 0.15) is 23.8 Å². The summed E-state index contributed by atoms with van der Waals surface area (Å²) in [4.78, 5) is 1.63. The van der Waals surface area contributed by atoms with Crippen LogP contribution in [-0.2, 0) is 0 Å². The minimum atomic E-state index is -1.15.